The Hall–Kier alpha value is -2.09. The zero-order chi connectivity index (χ0) is 17.3. The summed E-state index contributed by atoms with van der Waals surface area (Å²) >= 11 is 5.93. The number of halogens is 1. The van der Waals surface area contributed by atoms with Crippen molar-refractivity contribution in [2.24, 2.45) is 0 Å². The Kier molecular flexibility index (Phi) is 4.49. The van der Waals surface area contributed by atoms with Crippen molar-refractivity contribution >= 4 is 33.2 Å². The lowest BCUT2D eigenvalue weighted by atomic mass is 10.1. The minimum atomic E-state index is -3.50. The first-order valence-corrected chi connectivity index (χ1v) is 9.05. The van der Waals surface area contributed by atoms with Crippen LogP contribution in [0.15, 0.2) is 47.4 Å². The van der Waals surface area contributed by atoms with Crippen LogP contribution in [0.25, 0.3) is 0 Å². The summed E-state index contributed by atoms with van der Waals surface area (Å²) < 4.78 is 31.2. The molecule has 0 bridgehead atoms. The van der Waals surface area contributed by atoms with Gasteiger partial charge in [0.1, 0.15) is 5.75 Å². The summed E-state index contributed by atoms with van der Waals surface area (Å²) in [7, 11) is -2.16. The first kappa shape index (κ1) is 16.8. The van der Waals surface area contributed by atoms with Crippen molar-refractivity contribution in [3.8, 4) is 5.75 Å². The minimum absolute atomic E-state index is 0.127. The van der Waals surface area contributed by atoms with E-state index in [1.807, 2.05) is 0 Å². The Balaban J connectivity index is 1.68. The van der Waals surface area contributed by atoms with Gasteiger partial charge in [0, 0.05) is 17.1 Å². The number of fused-ring (bicyclic) bond motifs is 1. The van der Waals surface area contributed by atoms with Gasteiger partial charge in [-0.2, -0.15) is 0 Å². The van der Waals surface area contributed by atoms with Gasteiger partial charge in [-0.25, -0.2) is 13.1 Å². The van der Waals surface area contributed by atoms with Gasteiger partial charge in [-0.3, -0.25) is 4.79 Å². The van der Waals surface area contributed by atoms with Crippen molar-refractivity contribution in [3.63, 3.8) is 0 Å². The van der Waals surface area contributed by atoms with E-state index in [1.165, 1.54) is 31.3 Å². The highest BCUT2D eigenvalue weighted by Crippen LogP contribution is 2.31. The molecule has 0 aliphatic carbocycles. The molecule has 2 N–H and O–H groups in total. The number of carbonyl (C=O) groups excluding carboxylic acids is 1. The highest BCUT2D eigenvalue weighted by molar-refractivity contribution is 7.89. The number of ether oxygens (including phenoxy) is 1. The number of hydrogen-bond donors (Lipinski definition) is 2. The Morgan fingerprint density at radius 2 is 1.92 bits per heavy atom. The van der Waals surface area contributed by atoms with Gasteiger partial charge in [0.2, 0.25) is 10.0 Å². The average molecular weight is 367 g/mol. The third kappa shape index (κ3) is 3.38. The van der Waals surface area contributed by atoms with Crippen LogP contribution in [0.3, 0.4) is 0 Å². The summed E-state index contributed by atoms with van der Waals surface area (Å²) in [5.41, 5.74) is 1.38. The SMILES string of the molecule is CNS(=O)(=O)c1ccc(NC(=O)C2Cc3cc(Cl)ccc3O2)cc1. The largest absolute Gasteiger partial charge is 0.480 e. The normalized spacial score (nSPS) is 16.3. The fourth-order valence-corrected chi connectivity index (χ4v) is 3.35. The number of hydrogen-bond acceptors (Lipinski definition) is 4. The lowest BCUT2D eigenvalue weighted by Gasteiger charge is -2.11. The second-order valence-corrected chi connectivity index (χ2v) is 7.61. The summed E-state index contributed by atoms with van der Waals surface area (Å²) in [5, 5.41) is 3.31. The van der Waals surface area contributed by atoms with Gasteiger partial charge in [0.05, 0.1) is 4.90 Å². The number of amides is 1. The minimum Gasteiger partial charge on any atom is -0.480 e. The topological polar surface area (TPSA) is 84.5 Å². The number of nitrogens with one attached hydrogen (secondary N) is 2. The summed E-state index contributed by atoms with van der Waals surface area (Å²) in [6.07, 6.45) is -0.201. The molecule has 1 aliphatic heterocycles. The molecule has 126 valence electrons. The summed E-state index contributed by atoms with van der Waals surface area (Å²) in [5.74, 6) is 0.349. The van der Waals surface area contributed by atoms with Gasteiger partial charge in [0.25, 0.3) is 5.91 Å². The van der Waals surface area contributed by atoms with Crippen LogP contribution >= 0.6 is 11.6 Å². The monoisotopic (exact) mass is 366 g/mol. The number of rotatable bonds is 4. The molecule has 24 heavy (non-hydrogen) atoms. The highest BCUT2D eigenvalue weighted by Gasteiger charge is 2.29. The molecule has 0 saturated carbocycles. The van der Waals surface area contributed by atoms with Crippen LogP contribution in [0.5, 0.6) is 5.75 Å². The predicted molar refractivity (Wildman–Crippen MR) is 90.9 cm³/mol. The molecule has 1 atom stereocenters. The van der Waals surface area contributed by atoms with Crippen LogP contribution in [0.4, 0.5) is 5.69 Å². The van der Waals surface area contributed by atoms with E-state index >= 15 is 0 Å². The smallest absolute Gasteiger partial charge is 0.265 e. The Labute approximate surface area is 144 Å². The van der Waals surface area contributed by atoms with Crippen LogP contribution < -0.4 is 14.8 Å². The maximum Gasteiger partial charge on any atom is 0.265 e. The number of benzene rings is 2. The van der Waals surface area contributed by atoms with E-state index < -0.39 is 16.1 Å². The fourth-order valence-electron chi connectivity index (χ4n) is 2.42. The first-order chi connectivity index (χ1) is 11.4. The van der Waals surface area contributed by atoms with Crippen molar-refractivity contribution < 1.29 is 17.9 Å². The second-order valence-electron chi connectivity index (χ2n) is 5.28. The van der Waals surface area contributed by atoms with Crippen molar-refractivity contribution in [2.75, 3.05) is 12.4 Å². The molecule has 0 spiro atoms. The van der Waals surface area contributed by atoms with Crippen molar-refractivity contribution in [1.82, 2.24) is 4.72 Å². The zero-order valence-corrected chi connectivity index (χ0v) is 14.3. The molecule has 0 saturated heterocycles. The van der Waals surface area contributed by atoms with Crippen LogP contribution in [0, 0.1) is 0 Å². The van der Waals surface area contributed by atoms with E-state index in [0.717, 1.165) is 5.56 Å². The Morgan fingerprint density at radius 3 is 2.58 bits per heavy atom. The van der Waals surface area contributed by atoms with Crippen LogP contribution in [-0.4, -0.2) is 27.5 Å². The molecule has 1 heterocycles. The summed E-state index contributed by atoms with van der Waals surface area (Å²) in [6.45, 7) is 0. The molecule has 0 radical (unpaired) electrons. The number of anilines is 1. The molecule has 0 aromatic heterocycles. The van der Waals surface area contributed by atoms with E-state index in [-0.39, 0.29) is 10.8 Å². The Morgan fingerprint density at radius 1 is 1.21 bits per heavy atom. The number of sulfonamides is 1. The number of carbonyl (C=O) groups is 1. The fraction of sp³-hybridized carbons (Fsp3) is 0.188. The third-order valence-corrected chi connectivity index (χ3v) is 5.36. The van der Waals surface area contributed by atoms with Gasteiger partial charge in [-0.05, 0) is 55.1 Å². The first-order valence-electron chi connectivity index (χ1n) is 7.18. The van der Waals surface area contributed by atoms with Gasteiger partial charge in [0.15, 0.2) is 6.10 Å². The quantitative estimate of drug-likeness (QED) is 0.868. The summed E-state index contributed by atoms with van der Waals surface area (Å²) in [4.78, 5) is 12.4. The van der Waals surface area contributed by atoms with Crippen LogP contribution in [-0.2, 0) is 21.2 Å². The molecular formula is C16H15ClN2O4S. The lowest BCUT2D eigenvalue weighted by Crippen LogP contribution is -2.31. The molecule has 0 fully saturated rings. The predicted octanol–water partition coefficient (Wildman–Crippen LogP) is 2.19. The third-order valence-electron chi connectivity index (χ3n) is 3.69. The second kappa shape index (κ2) is 6.43. The molecule has 2 aromatic rings. The van der Waals surface area contributed by atoms with E-state index in [1.54, 1.807) is 18.2 Å². The van der Waals surface area contributed by atoms with Gasteiger partial charge < -0.3 is 10.1 Å². The highest BCUT2D eigenvalue weighted by atomic mass is 35.5. The molecule has 2 aromatic carbocycles. The van der Waals surface area contributed by atoms with E-state index in [4.69, 9.17) is 16.3 Å². The van der Waals surface area contributed by atoms with Gasteiger partial charge in [-0.15, -0.1) is 0 Å². The lowest BCUT2D eigenvalue weighted by molar-refractivity contribution is -0.122. The van der Waals surface area contributed by atoms with Crippen molar-refractivity contribution in [1.29, 1.82) is 0 Å². The maximum atomic E-state index is 12.3. The average Bonchev–Trinajstić information content (AvgIpc) is 2.98. The molecule has 1 amide bonds. The van der Waals surface area contributed by atoms with E-state index in [2.05, 4.69) is 10.0 Å². The van der Waals surface area contributed by atoms with Crippen molar-refractivity contribution in [2.45, 2.75) is 17.4 Å². The van der Waals surface area contributed by atoms with Crippen LogP contribution in [0.1, 0.15) is 5.56 Å². The van der Waals surface area contributed by atoms with Gasteiger partial charge >= 0.3 is 0 Å². The zero-order valence-electron chi connectivity index (χ0n) is 12.7. The standard InChI is InChI=1S/C16H15ClN2O4S/c1-18-24(21,22)13-5-3-12(4-6-13)19-16(20)15-9-10-8-11(17)2-7-14(10)23-15/h2-8,15,18H,9H2,1H3,(H,19,20). The van der Waals surface area contributed by atoms with Crippen LogP contribution in [0.2, 0.25) is 5.02 Å². The molecule has 1 aliphatic rings. The van der Waals surface area contributed by atoms with E-state index in [0.29, 0.717) is 22.9 Å². The molecule has 1 unspecified atom stereocenters. The Bertz CT molecular complexity index is 881. The van der Waals surface area contributed by atoms with Crippen molar-refractivity contribution in [3.05, 3.63) is 53.1 Å². The molecule has 3 rings (SSSR count). The molecular weight excluding hydrogens is 352 g/mol. The van der Waals surface area contributed by atoms with E-state index in [9.17, 15) is 13.2 Å². The summed E-state index contributed by atoms with van der Waals surface area (Å²) in [6, 6.07) is 11.1. The van der Waals surface area contributed by atoms with Gasteiger partial charge in [-0.1, -0.05) is 11.6 Å². The molecule has 6 nitrogen and oxygen atoms in total. The molecule has 8 heteroatoms. The maximum absolute atomic E-state index is 12.3.